The van der Waals surface area contributed by atoms with E-state index >= 15 is 0 Å². The predicted octanol–water partition coefficient (Wildman–Crippen LogP) is 0.631. The van der Waals surface area contributed by atoms with E-state index in [0.717, 1.165) is 18.7 Å². The van der Waals surface area contributed by atoms with Crippen molar-refractivity contribution in [2.24, 2.45) is 11.8 Å². The Bertz CT molecular complexity index is 388. The molecule has 1 unspecified atom stereocenters. The van der Waals surface area contributed by atoms with Crippen LogP contribution in [0.5, 0.6) is 0 Å². The number of ketones is 1. The number of carbonyl (C=O) groups excluding carboxylic acids is 1. The standard InChI is InChI=1S/C12H17N3O/c1-8(10-6-15-7-10)12(16)4-9-5-14-3-2-11(9)13/h2-3,5,8,10,15H,4,6-7H2,1H3,(H2,13,14). The molecule has 16 heavy (non-hydrogen) atoms. The Hall–Kier alpha value is -1.42. The Balaban J connectivity index is 1.99. The Kier molecular flexibility index (Phi) is 3.19. The van der Waals surface area contributed by atoms with Crippen LogP contribution in [-0.2, 0) is 11.2 Å². The van der Waals surface area contributed by atoms with Crippen molar-refractivity contribution in [3.8, 4) is 0 Å². The molecule has 4 nitrogen and oxygen atoms in total. The van der Waals surface area contributed by atoms with Gasteiger partial charge in [0.05, 0.1) is 0 Å². The summed E-state index contributed by atoms with van der Waals surface area (Å²) >= 11 is 0. The second-order valence-electron chi connectivity index (χ2n) is 4.42. The van der Waals surface area contributed by atoms with Crippen molar-refractivity contribution < 1.29 is 4.79 Å². The summed E-state index contributed by atoms with van der Waals surface area (Å²) in [5.41, 5.74) is 7.28. The molecule has 4 heteroatoms. The van der Waals surface area contributed by atoms with Gasteiger partial charge in [0, 0.05) is 36.0 Å². The molecule has 1 aromatic rings. The number of anilines is 1. The summed E-state index contributed by atoms with van der Waals surface area (Å²) in [6.07, 6.45) is 3.72. The van der Waals surface area contributed by atoms with Gasteiger partial charge in [-0.15, -0.1) is 0 Å². The van der Waals surface area contributed by atoms with E-state index in [1.807, 2.05) is 6.92 Å². The third-order valence-electron chi connectivity index (χ3n) is 3.33. The maximum absolute atomic E-state index is 12.0. The summed E-state index contributed by atoms with van der Waals surface area (Å²) in [6.45, 7) is 3.91. The Morgan fingerprint density at radius 2 is 2.44 bits per heavy atom. The summed E-state index contributed by atoms with van der Waals surface area (Å²) < 4.78 is 0. The summed E-state index contributed by atoms with van der Waals surface area (Å²) in [4.78, 5) is 16.0. The van der Waals surface area contributed by atoms with Gasteiger partial charge in [-0.1, -0.05) is 6.92 Å². The monoisotopic (exact) mass is 219 g/mol. The smallest absolute Gasteiger partial charge is 0.140 e. The fraction of sp³-hybridized carbons (Fsp3) is 0.500. The highest BCUT2D eigenvalue weighted by Crippen LogP contribution is 2.20. The van der Waals surface area contributed by atoms with Gasteiger partial charge < -0.3 is 11.1 Å². The molecule has 2 rings (SSSR count). The zero-order valence-corrected chi connectivity index (χ0v) is 9.44. The average molecular weight is 219 g/mol. The number of rotatable bonds is 4. The van der Waals surface area contributed by atoms with Crippen molar-refractivity contribution in [2.45, 2.75) is 13.3 Å². The van der Waals surface area contributed by atoms with Crippen LogP contribution in [0.3, 0.4) is 0 Å². The lowest BCUT2D eigenvalue weighted by Gasteiger charge is -2.31. The Morgan fingerprint density at radius 1 is 1.69 bits per heavy atom. The lowest BCUT2D eigenvalue weighted by molar-refractivity contribution is -0.123. The average Bonchev–Trinajstić information content (AvgIpc) is 2.18. The molecule has 86 valence electrons. The minimum absolute atomic E-state index is 0.112. The number of hydrogen-bond donors (Lipinski definition) is 2. The molecular formula is C12H17N3O. The fourth-order valence-electron chi connectivity index (χ4n) is 1.86. The first-order chi connectivity index (χ1) is 7.68. The van der Waals surface area contributed by atoms with Gasteiger partial charge in [0.15, 0.2) is 0 Å². The second-order valence-corrected chi connectivity index (χ2v) is 4.42. The number of Topliss-reactive ketones (excluding diaryl/α,β-unsaturated/α-hetero) is 1. The number of nitrogens with two attached hydrogens (primary N) is 1. The minimum Gasteiger partial charge on any atom is -0.398 e. The first-order valence-corrected chi connectivity index (χ1v) is 5.60. The molecule has 1 fully saturated rings. The van der Waals surface area contributed by atoms with E-state index in [4.69, 9.17) is 5.73 Å². The van der Waals surface area contributed by atoms with Crippen LogP contribution in [0.2, 0.25) is 0 Å². The quantitative estimate of drug-likeness (QED) is 0.779. The highest BCUT2D eigenvalue weighted by Gasteiger charge is 2.28. The van der Waals surface area contributed by atoms with Crippen molar-refractivity contribution in [3.05, 3.63) is 24.0 Å². The van der Waals surface area contributed by atoms with Gasteiger partial charge in [0.25, 0.3) is 0 Å². The number of nitrogens with zero attached hydrogens (tertiary/aromatic N) is 1. The third kappa shape index (κ3) is 2.22. The molecule has 1 aliphatic heterocycles. The van der Waals surface area contributed by atoms with Crippen molar-refractivity contribution >= 4 is 11.5 Å². The van der Waals surface area contributed by atoms with Gasteiger partial charge in [-0.3, -0.25) is 9.78 Å². The van der Waals surface area contributed by atoms with Gasteiger partial charge in [-0.2, -0.15) is 0 Å². The highest BCUT2D eigenvalue weighted by atomic mass is 16.1. The first-order valence-electron chi connectivity index (χ1n) is 5.60. The van der Waals surface area contributed by atoms with Crippen LogP contribution in [0.1, 0.15) is 12.5 Å². The summed E-state index contributed by atoms with van der Waals surface area (Å²) in [7, 11) is 0. The number of nitrogens with one attached hydrogen (secondary N) is 1. The zero-order valence-electron chi connectivity index (χ0n) is 9.44. The SMILES string of the molecule is CC(C(=O)Cc1cnccc1N)C1CNC1. The largest absolute Gasteiger partial charge is 0.398 e. The lowest BCUT2D eigenvalue weighted by atomic mass is 9.84. The van der Waals surface area contributed by atoms with Crippen LogP contribution >= 0.6 is 0 Å². The van der Waals surface area contributed by atoms with Crippen LogP contribution in [0.25, 0.3) is 0 Å². The molecule has 3 N–H and O–H groups in total. The van der Waals surface area contributed by atoms with Gasteiger partial charge >= 0.3 is 0 Å². The Labute approximate surface area is 95.3 Å². The number of aromatic nitrogens is 1. The lowest BCUT2D eigenvalue weighted by Crippen LogP contribution is -2.47. The van der Waals surface area contributed by atoms with Crippen LogP contribution in [0, 0.1) is 11.8 Å². The minimum atomic E-state index is 0.112. The normalized spacial score (nSPS) is 17.8. The molecule has 0 amide bonds. The number of nitrogen functional groups attached to an aromatic ring is 1. The molecule has 1 atom stereocenters. The summed E-state index contributed by atoms with van der Waals surface area (Å²) in [6, 6.07) is 1.73. The van der Waals surface area contributed by atoms with Crippen molar-refractivity contribution in [2.75, 3.05) is 18.8 Å². The van der Waals surface area contributed by atoms with Crippen molar-refractivity contribution in [3.63, 3.8) is 0 Å². The van der Waals surface area contributed by atoms with Gasteiger partial charge in [-0.25, -0.2) is 0 Å². The molecule has 1 saturated heterocycles. The molecule has 0 saturated carbocycles. The molecule has 1 aliphatic rings. The molecule has 2 heterocycles. The van der Waals surface area contributed by atoms with Crippen LogP contribution in [0.15, 0.2) is 18.5 Å². The van der Waals surface area contributed by atoms with E-state index in [1.54, 1.807) is 18.5 Å². The Morgan fingerprint density at radius 3 is 3.00 bits per heavy atom. The molecule has 0 spiro atoms. The van der Waals surface area contributed by atoms with Crippen molar-refractivity contribution in [1.82, 2.24) is 10.3 Å². The van der Waals surface area contributed by atoms with Gasteiger partial charge in [0.2, 0.25) is 0 Å². The highest BCUT2D eigenvalue weighted by molar-refractivity contribution is 5.84. The van der Waals surface area contributed by atoms with E-state index in [0.29, 0.717) is 18.0 Å². The second kappa shape index (κ2) is 4.61. The van der Waals surface area contributed by atoms with Crippen LogP contribution in [0.4, 0.5) is 5.69 Å². The molecule has 0 aliphatic carbocycles. The molecular weight excluding hydrogens is 202 g/mol. The van der Waals surface area contributed by atoms with Crippen LogP contribution in [-0.4, -0.2) is 23.9 Å². The van der Waals surface area contributed by atoms with E-state index in [9.17, 15) is 4.79 Å². The number of carbonyl (C=O) groups is 1. The maximum Gasteiger partial charge on any atom is 0.140 e. The number of hydrogen-bond acceptors (Lipinski definition) is 4. The summed E-state index contributed by atoms with van der Waals surface area (Å²) in [5, 5.41) is 3.18. The molecule has 1 aromatic heterocycles. The predicted molar refractivity (Wildman–Crippen MR) is 62.9 cm³/mol. The van der Waals surface area contributed by atoms with Gasteiger partial charge in [-0.05, 0) is 25.1 Å². The molecule has 0 aromatic carbocycles. The van der Waals surface area contributed by atoms with Crippen LogP contribution < -0.4 is 11.1 Å². The van der Waals surface area contributed by atoms with E-state index < -0.39 is 0 Å². The third-order valence-corrected chi connectivity index (χ3v) is 3.33. The van der Waals surface area contributed by atoms with E-state index in [1.165, 1.54) is 0 Å². The number of pyridine rings is 1. The van der Waals surface area contributed by atoms with E-state index in [-0.39, 0.29) is 11.7 Å². The topological polar surface area (TPSA) is 68.0 Å². The van der Waals surface area contributed by atoms with E-state index in [2.05, 4.69) is 10.3 Å². The first kappa shape index (κ1) is 11.1. The zero-order chi connectivity index (χ0) is 11.5. The molecule has 0 radical (unpaired) electrons. The van der Waals surface area contributed by atoms with Gasteiger partial charge in [0.1, 0.15) is 5.78 Å². The summed E-state index contributed by atoms with van der Waals surface area (Å²) in [5.74, 6) is 0.859. The van der Waals surface area contributed by atoms with Crippen molar-refractivity contribution in [1.29, 1.82) is 0 Å². The maximum atomic E-state index is 12.0. The molecule has 0 bridgehead atoms. The fourth-order valence-corrected chi connectivity index (χ4v) is 1.86.